The third kappa shape index (κ3) is 5.11. The molecule has 0 aliphatic heterocycles. The highest BCUT2D eigenvalue weighted by molar-refractivity contribution is 6.30. The molecule has 0 fully saturated rings. The Balaban J connectivity index is 1.72. The number of aromatic nitrogens is 3. The molecule has 1 amide bonds. The highest BCUT2D eigenvalue weighted by Crippen LogP contribution is 2.34. The molecule has 0 saturated heterocycles. The Bertz CT molecular complexity index is 1510. The monoisotopic (exact) mass is 495 g/mol. The number of benzene rings is 3. The van der Waals surface area contributed by atoms with E-state index in [0.717, 1.165) is 22.5 Å². The molecule has 36 heavy (non-hydrogen) atoms. The van der Waals surface area contributed by atoms with Crippen LogP contribution < -0.4 is 10.6 Å². The van der Waals surface area contributed by atoms with Gasteiger partial charge in [-0.3, -0.25) is 5.32 Å². The molecule has 0 bridgehead atoms. The van der Waals surface area contributed by atoms with Crippen molar-refractivity contribution in [1.29, 1.82) is 0 Å². The first kappa shape index (κ1) is 23.3. The average Bonchev–Trinajstić information content (AvgIpc) is 2.90. The summed E-state index contributed by atoms with van der Waals surface area (Å²) >= 11 is 6.06. The van der Waals surface area contributed by atoms with Crippen LogP contribution in [0.5, 0.6) is 0 Å². The van der Waals surface area contributed by atoms with E-state index in [-0.39, 0.29) is 12.4 Å². The van der Waals surface area contributed by atoms with Gasteiger partial charge >= 0.3 is 6.09 Å². The van der Waals surface area contributed by atoms with Crippen molar-refractivity contribution in [3.05, 3.63) is 96.0 Å². The molecule has 2 N–H and O–H groups in total. The highest BCUT2D eigenvalue weighted by atomic mass is 35.5. The molecule has 8 heteroatoms. The molecule has 0 aliphatic rings. The fourth-order valence-electron chi connectivity index (χ4n) is 3.75. The first-order valence-corrected chi connectivity index (χ1v) is 11.8. The maximum atomic E-state index is 12.1. The summed E-state index contributed by atoms with van der Waals surface area (Å²) in [6.07, 6.45) is -0.598. The molecule has 0 saturated carbocycles. The van der Waals surface area contributed by atoms with Crippen LogP contribution in [0.4, 0.5) is 22.0 Å². The van der Waals surface area contributed by atoms with E-state index in [0.29, 0.717) is 27.6 Å². The van der Waals surface area contributed by atoms with Gasteiger partial charge in [-0.25, -0.2) is 19.7 Å². The van der Waals surface area contributed by atoms with Crippen molar-refractivity contribution in [3.63, 3.8) is 0 Å². The number of nitrogens with one attached hydrogen (secondary N) is 2. The number of hydrogen-bond acceptors (Lipinski definition) is 6. The van der Waals surface area contributed by atoms with E-state index in [1.54, 1.807) is 25.1 Å². The van der Waals surface area contributed by atoms with Gasteiger partial charge in [0.2, 0.25) is 0 Å². The van der Waals surface area contributed by atoms with Gasteiger partial charge < -0.3 is 10.1 Å². The minimum Gasteiger partial charge on any atom is -0.450 e. The summed E-state index contributed by atoms with van der Waals surface area (Å²) in [6.45, 7) is 1.98. The second-order valence-electron chi connectivity index (χ2n) is 7.86. The molecule has 5 aromatic rings. The zero-order valence-electron chi connectivity index (χ0n) is 19.4. The van der Waals surface area contributed by atoms with Crippen LogP contribution in [0, 0.1) is 0 Å². The smallest absolute Gasteiger partial charge is 0.412 e. The Morgan fingerprint density at radius 2 is 1.44 bits per heavy atom. The first-order valence-electron chi connectivity index (χ1n) is 11.4. The molecular weight excluding hydrogens is 474 g/mol. The molecule has 0 atom stereocenters. The zero-order chi connectivity index (χ0) is 24.9. The van der Waals surface area contributed by atoms with Crippen LogP contribution in [0.2, 0.25) is 5.02 Å². The summed E-state index contributed by atoms with van der Waals surface area (Å²) < 4.78 is 5.04. The SMILES string of the molecule is CCOC(=O)Nc1cc(Nc2ccc(Cl)cc2)c2nc(-c3ccccc3)c(-c3ccccc3)nc2n1. The van der Waals surface area contributed by atoms with Gasteiger partial charge in [0.1, 0.15) is 11.3 Å². The second-order valence-corrected chi connectivity index (χ2v) is 8.29. The number of carbonyl (C=O) groups excluding carboxylic acids is 1. The number of carbonyl (C=O) groups is 1. The number of nitrogens with zero attached hydrogens (tertiary/aromatic N) is 3. The predicted octanol–water partition coefficient (Wildman–Crippen LogP) is 7.32. The fourth-order valence-corrected chi connectivity index (χ4v) is 3.88. The number of rotatable bonds is 6. The third-order valence-corrected chi connectivity index (χ3v) is 5.62. The van der Waals surface area contributed by atoms with Crippen LogP contribution in [0.3, 0.4) is 0 Å². The highest BCUT2D eigenvalue weighted by Gasteiger charge is 2.18. The van der Waals surface area contributed by atoms with Crippen molar-refractivity contribution in [2.24, 2.45) is 0 Å². The molecule has 178 valence electrons. The van der Waals surface area contributed by atoms with Gasteiger partial charge in [-0.05, 0) is 31.2 Å². The van der Waals surface area contributed by atoms with Gasteiger partial charge in [0.15, 0.2) is 5.65 Å². The van der Waals surface area contributed by atoms with Crippen LogP contribution in [0.25, 0.3) is 33.7 Å². The fraction of sp³-hybridized carbons (Fsp3) is 0.0714. The molecule has 0 spiro atoms. The number of fused-ring (bicyclic) bond motifs is 1. The zero-order valence-corrected chi connectivity index (χ0v) is 20.2. The summed E-state index contributed by atoms with van der Waals surface area (Å²) in [4.78, 5) is 26.7. The molecule has 2 aromatic heterocycles. The standard InChI is InChI=1S/C28H22ClN5O2/c1-2-36-28(35)32-23-17-22(30-21-15-13-20(29)14-16-21)26-27(31-23)34-25(19-11-7-4-8-12-19)24(33-26)18-9-5-3-6-10-18/h3-17H,2H2,1H3,(H2,30,31,32,34,35). The van der Waals surface area contributed by atoms with Crippen LogP contribution in [0.15, 0.2) is 91.0 Å². The molecule has 7 nitrogen and oxygen atoms in total. The van der Waals surface area contributed by atoms with Crippen molar-refractivity contribution >= 4 is 46.1 Å². The van der Waals surface area contributed by atoms with E-state index >= 15 is 0 Å². The third-order valence-electron chi connectivity index (χ3n) is 5.36. The quantitative estimate of drug-likeness (QED) is 0.256. The summed E-state index contributed by atoms with van der Waals surface area (Å²) in [6, 6.07) is 28.7. The molecule has 0 aliphatic carbocycles. The van der Waals surface area contributed by atoms with Crippen LogP contribution in [-0.2, 0) is 4.74 Å². The summed E-state index contributed by atoms with van der Waals surface area (Å²) in [5, 5.41) is 6.67. The second kappa shape index (κ2) is 10.4. The molecular formula is C28H22ClN5O2. The van der Waals surface area contributed by atoms with Gasteiger partial charge in [-0.2, -0.15) is 0 Å². The lowest BCUT2D eigenvalue weighted by Crippen LogP contribution is -2.15. The van der Waals surface area contributed by atoms with Crippen LogP contribution >= 0.6 is 11.6 Å². The summed E-state index contributed by atoms with van der Waals surface area (Å²) in [5.74, 6) is 0.290. The van der Waals surface area contributed by atoms with E-state index < -0.39 is 6.09 Å². The van der Waals surface area contributed by atoms with Gasteiger partial charge in [-0.15, -0.1) is 0 Å². The van der Waals surface area contributed by atoms with E-state index in [4.69, 9.17) is 26.3 Å². The molecule has 5 rings (SSSR count). The van der Waals surface area contributed by atoms with Crippen molar-refractivity contribution in [1.82, 2.24) is 15.0 Å². The lowest BCUT2D eigenvalue weighted by molar-refractivity contribution is 0.168. The maximum Gasteiger partial charge on any atom is 0.412 e. The summed E-state index contributed by atoms with van der Waals surface area (Å²) in [5.41, 5.74) is 5.59. The Morgan fingerprint density at radius 3 is 2.06 bits per heavy atom. The average molecular weight is 496 g/mol. The Hall–Kier alpha value is -4.49. The van der Waals surface area contributed by atoms with Gasteiger partial charge in [0, 0.05) is 27.9 Å². The Morgan fingerprint density at radius 1 is 0.833 bits per heavy atom. The largest absolute Gasteiger partial charge is 0.450 e. The van der Waals surface area contributed by atoms with Crippen molar-refractivity contribution in [3.8, 4) is 22.5 Å². The van der Waals surface area contributed by atoms with Gasteiger partial charge in [0.25, 0.3) is 0 Å². The predicted molar refractivity (Wildman–Crippen MR) is 144 cm³/mol. The number of pyridine rings is 1. The topological polar surface area (TPSA) is 89.0 Å². The lowest BCUT2D eigenvalue weighted by atomic mass is 10.0. The van der Waals surface area contributed by atoms with Crippen LogP contribution in [0.1, 0.15) is 6.92 Å². The minimum absolute atomic E-state index is 0.244. The molecule has 2 heterocycles. The van der Waals surface area contributed by atoms with E-state index in [1.807, 2.05) is 72.8 Å². The molecule has 0 radical (unpaired) electrons. The Kier molecular flexibility index (Phi) is 6.73. The normalized spacial score (nSPS) is 10.7. The lowest BCUT2D eigenvalue weighted by Gasteiger charge is -2.15. The Labute approximate surface area is 213 Å². The van der Waals surface area contributed by atoms with Crippen molar-refractivity contribution in [2.45, 2.75) is 6.92 Å². The number of amides is 1. The summed E-state index contributed by atoms with van der Waals surface area (Å²) in [7, 11) is 0. The van der Waals surface area contributed by atoms with E-state index in [2.05, 4.69) is 15.6 Å². The van der Waals surface area contributed by atoms with E-state index in [9.17, 15) is 4.79 Å². The molecule has 3 aromatic carbocycles. The van der Waals surface area contributed by atoms with Gasteiger partial charge in [0.05, 0.1) is 23.7 Å². The minimum atomic E-state index is -0.598. The van der Waals surface area contributed by atoms with Crippen molar-refractivity contribution in [2.75, 3.05) is 17.2 Å². The molecule has 0 unspecified atom stereocenters. The van der Waals surface area contributed by atoms with Crippen LogP contribution in [-0.4, -0.2) is 27.7 Å². The van der Waals surface area contributed by atoms with Crippen molar-refractivity contribution < 1.29 is 9.53 Å². The number of ether oxygens (including phenoxy) is 1. The van der Waals surface area contributed by atoms with Gasteiger partial charge in [-0.1, -0.05) is 72.3 Å². The number of halogens is 1. The number of hydrogen-bond donors (Lipinski definition) is 2. The maximum absolute atomic E-state index is 12.1. The first-order chi connectivity index (χ1) is 17.6. The number of anilines is 3. The van der Waals surface area contributed by atoms with E-state index in [1.165, 1.54) is 0 Å².